The molecule has 1 aromatic heterocycles. The van der Waals surface area contributed by atoms with Crippen LogP contribution in [0.25, 0.3) is 11.5 Å². The topological polar surface area (TPSA) is 74.2 Å². The minimum absolute atomic E-state index is 0.0341. The van der Waals surface area contributed by atoms with Gasteiger partial charge in [-0.25, -0.2) is 8.78 Å². The predicted octanol–water partition coefficient (Wildman–Crippen LogP) is 2.52. The summed E-state index contributed by atoms with van der Waals surface area (Å²) >= 11 is 0. The number of ether oxygens (including phenoxy) is 1. The van der Waals surface area contributed by atoms with Crippen LogP contribution in [0.4, 0.5) is 14.5 Å². The normalized spacial score (nSPS) is 10.9. The molecular weight excluding hydrogens is 256 g/mol. The van der Waals surface area contributed by atoms with E-state index in [4.69, 9.17) is 15.0 Å². The molecular formula is C12H13F2N3O2. The summed E-state index contributed by atoms with van der Waals surface area (Å²) in [6.07, 6.45) is 0.869. The summed E-state index contributed by atoms with van der Waals surface area (Å²) in [5, 5.41) is 3.65. The Morgan fingerprint density at radius 2 is 2.11 bits per heavy atom. The minimum atomic E-state index is -0.827. The van der Waals surface area contributed by atoms with Crippen LogP contribution in [0.3, 0.4) is 0 Å². The third kappa shape index (κ3) is 3.05. The van der Waals surface area contributed by atoms with Gasteiger partial charge in [-0.1, -0.05) is 12.1 Å². The number of benzene rings is 1. The van der Waals surface area contributed by atoms with E-state index in [-0.39, 0.29) is 23.7 Å². The molecule has 0 aliphatic heterocycles. The Balaban J connectivity index is 2.20. The molecule has 5 nitrogen and oxygen atoms in total. The number of rotatable bonds is 5. The quantitative estimate of drug-likeness (QED) is 0.667. The Morgan fingerprint density at radius 1 is 1.32 bits per heavy atom. The van der Waals surface area contributed by atoms with Crippen LogP contribution >= 0.6 is 0 Å². The van der Waals surface area contributed by atoms with Gasteiger partial charge in [0.15, 0.2) is 5.82 Å². The highest BCUT2D eigenvalue weighted by molar-refractivity contribution is 5.61. The fourth-order valence-electron chi connectivity index (χ4n) is 1.46. The number of aromatic nitrogens is 2. The van der Waals surface area contributed by atoms with E-state index in [1.165, 1.54) is 0 Å². The molecule has 2 rings (SSSR count). The van der Waals surface area contributed by atoms with E-state index in [1.54, 1.807) is 0 Å². The van der Waals surface area contributed by atoms with E-state index < -0.39 is 11.6 Å². The number of hydrogen-bond donors (Lipinski definition) is 1. The van der Waals surface area contributed by atoms with E-state index in [0.717, 1.165) is 12.5 Å². The highest BCUT2D eigenvalue weighted by Gasteiger charge is 2.16. The van der Waals surface area contributed by atoms with Crippen molar-refractivity contribution in [3.8, 4) is 11.5 Å². The minimum Gasteiger partial charge on any atom is -0.396 e. The van der Waals surface area contributed by atoms with Crippen molar-refractivity contribution >= 4 is 5.69 Å². The van der Waals surface area contributed by atoms with Crippen molar-refractivity contribution < 1.29 is 18.0 Å². The highest BCUT2D eigenvalue weighted by Crippen LogP contribution is 2.25. The molecule has 0 aliphatic carbocycles. The predicted molar refractivity (Wildman–Crippen MR) is 64.0 cm³/mol. The molecule has 0 bridgehead atoms. The number of nitrogen functional groups attached to an aromatic ring is 1. The van der Waals surface area contributed by atoms with Gasteiger partial charge in [0.1, 0.15) is 18.2 Å². The molecule has 2 N–H and O–H groups in total. The van der Waals surface area contributed by atoms with Gasteiger partial charge in [0.25, 0.3) is 5.89 Å². The van der Waals surface area contributed by atoms with Crippen molar-refractivity contribution in [3.63, 3.8) is 0 Å². The lowest BCUT2D eigenvalue weighted by Crippen LogP contribution is -1.97. The average molecular weight is 269 g/mol. The van der Waals surface area contributed by atoms with Gasteiger partial charge in [-0.05, 0) is 12.5 Å². The van der Waals surface area contributed by atoms with Gasteiger partial charge in [0.2, 0.25) is 0 Å². The fraction of sp³-hybridized carbons (Fsp3) is 0.333. The second-order valence-electron chi connectivity index (χ2n) is 3.92. The van der Waals surface area contributed by atoms with Crippen molar-refractivity contribution in [2.45, 2.75) is 20.0 Å². The lowest BCUT2D eigenvalue weighted by molar-refractivity contribution is 0.114. The van der Waals surface area contributed by atoms with E-state index in [9.17, 15) is 8.78 Å². The Labute approximate surface area is 108 Å². The van der Waals surface area contributed by atoms with Gasteiger partial charge < -0.3 is 15.0 Å². The van der Waals surface area contributed by atoms with Gasteiger partial charge in [0.05, 0.1) is 11.3 Å². The van der Waals surface area contributed by atoms with Crippen molar-refractivity contribution in [2.75, 3.05) is 12.3 Å². The first-order chi connectivity index (χ1) is 9.11. The van der Waals surface area contributed by atoms with Crippen LogP contribution in [-0.2, 0) is 11.3 Å². The molecule has 0 atom stereocenters. The summed E-state index contributed by atoms with van der Waals surface area (Å²) in [5.41, 5.74) is 5.16. The van der Waals surface area contributed by atoms with E-state index in [1.807, 2.05) is 6.92 Å². The Hall–Kier alpha value is -2.02. The molecule has 0 aliphatic rings. The summed E-state index contributed by atoms with van der Waals surface area (Å²) in [7, 11) is 0. The maximum absolute atomic E-state index is 13.6. The van der Waals surface area contributed by atoms with Crippen LogP contribution in [-0.4, -0.2) is 16.7 Å². The summed E-state index contributed by atoms with van der Waals surface area (Å²) < 4.78 is 36.7. The second kappa shape index (κ2) is 5.75. The van der Waals surface area contributed by atoms with Crippen LogP contribution in [0.2, 0.25) is 0 Å². The summed E-state index contributed by atoms with van der Waals surface area (Å²) in [6, 6.07) is 1.80. The standard InChI is InChI=1S/C12H13F2N3O2/c1-2-3-18-6-11-16-12(19-17-11)7-4-10(15)9(14)5-8(7)13/h4-5H,2-3,6,15H2,1H3. The van der Waals surface area contributed by atoms with E-state index >= 15 is 0 Å². The number of halogens is 2. The molecule has 0 unspecified atom stereocenters. The molecule has 1 heterocycles. The van der Waals surface area contributed by atoms with Gasteiger partial charge in [0, 0.05) is 12.7 Å². The molecule has 0 radical (unpaired) electrons. The average Bonchev–Trinajstić information content (AvgIpc) is 2.83. The SMILES string of the molecule is CCCOCc1noc(-c2cc(N)c(F)cc2F)n1. The zero-order chi connectivity index (χ0) is 13.8. The third-order valence-corrected chi connectivity index (χ3v) is 2.36. The van der Waals surface area contributed by atoms with Gasteiger partial charge in [-0.2, -0.15) is 4.98 Å². The first-order valence-electron chi connectivity index (χ1n) is 5.77. The largest absolute Gasteiger partial charge is 0.396 e. The van der Waals surface area contributed by atoms with E-state index in [0.29, 0.717) is 18.5 Å². The zero-order valence-corrected chi connectivity index (χ0v) is 10.3. The molecule has 2 aromatic rings. The van der Waals surface area contributed by atoms with Gasteiger partial charge >= 0.3 is 0 Å². The van der Waals surface area contributed by atoms with Crippen LogP contribution in [0.15, 0.2) is 16.7 Å². The molecule has 0 saturated heterocycles. The maximum atomic E-state index is 13.6. The van der Waals surface area contributed by atoms with Crippen LogP contribution in [0.1, 0.15) is 19.2 Å². The van der Waals surface area contributed by atoms with Gasteiger partial charge in [-0.15, -0.1) is 0 Å². The van der Waals surface area contributed by atoms with Gasteiger partial charge in [-0.3, -0.25) is 0 Å². The second-order valence-corrected chi connectivity index (χ2v) is 3.92. The third-order valence-electron chi connectivity index (χ3n) is 2.36. The first-order valence-corrected chi connectivity index (χ1v) is 5.77. The zero-order valence-electron chi connectivity index (χ0n) is 10.3. The molecule has 19 heavy (non-hydrogen) atoms. The van der Waals surface area contributed by atoms with Crippen molar-refractivity contribution in [1.82, 2.24) is 10.1 Å². The monoisotopic (exact) mass is 269 g/mol. The Morgan fingerprint density at radius 3 is 2.84 bits per heavy atom. The molecule has 102 valence electrons. The molecule has 7 heteroatoms. The van der Waals surface area contributed by atoms with Crippen LogP contribution in [0.5, 0.6) is 0 Å². The number of nitrogens with zero attached hydrogens (tertiary/aromatic N) is 2. The first kappa shape index (κ1) is 13.4. The molecule has 1 aromatic carbocycles. The summed E-state index contributed by atoms with van der Waals surface area (Å²) in [5.74, 6) is -1.39. The molecule has 0 fully saturated rings. The lowest BCUT2D eigenvalue weighted by Gasteiger charge is -2.00. The smallest absolute Gasteiger partial charge is 0.261 e. The fourth-order valence-corrected chi connectivity index (χ4v) is 1.46. The Kier molecular flexibility index (Phi) is 4.06. The number of hydrogen-bond acceptors (Lipinski definition) is 5. The number of anilines is 1. The van der Waals surface area contributed by atoms with E-state index in [2.05, 4.69) is 10.1 Å². The van der Waals surface area contributed by atoms with Crippen LogP contribution < -0.4 is 5.73 Å². The summed E-state index contributed by atoms with van der Waals surface area (Å²) in [4.78, 5) is 3.96. The van der Waals surface area contributed by atoms with Crippen molar-refractivity contribution in [1.29, 1.82) is 0 Å². The number of nitrogens with two attached hydrogens (primary N) is 1. The highest BCUT2D eigenvalue weighted by atomic mass is 19.1. The van der Waals surface area contributed by atoms with Crippen LogP contribution in [0, 0.1) is 11.6 Å². The molecule has 0 amide bonds. The molecule has 0 saturated carbocycles. The Bertz CT molecular complexity index is 572. The summed E-state index contributed by atoms with van der Waals surface area (Å²) in [6.45, 7) is 2.72. The maximum Gasteiger partial charge on any atom is 0.261 e. The van der Waals surface area contributed by atoms with Crippen molar-refractivity contribution in [2.24, 2.45) is 0 Å². The lowest BCUT2D eigenvalue weighted by atomic mass is 10.2. The molecule has 0 spiro atoms. The van der Waals surface area contributed by atoms with Crippen molar-refractivity contribution in [3.05, 3.63) is 29.6 Å².